The number of aromatic nitrogens is 1. The molecule has 0 bridgehead atoms. The van der Waals surface area contributed by atoms with E-state index in [0.29, 0.717) is 18.5 Å². The molecule has 3 heterocycles. The third kappa shape index (κ3) is 9.28. The number of ether oxygens (including phenoxy) is 4. The van der Waals surface area contributed by atoms with E-state index >= 15 is 0 Å². The number of nitrogens with zero attached hydrogens (tertiary/aromatic N) is 1. The second kappa shape index (κ2) is 19.4. The van der Waals surface area contributed by atoms with Gasteiger partial charge in [0.2, 0.25) is 0 Å². The highest BCUT2D eigenvalue weighted by Crippen LogP contribution is 2.49. The molecule has 15 atom stereocenters. The minimum absolute atomic E-state index is 0.00258. The number of aliphatic hydroxyl groups is 4. The van der Waals surface area contributed by atoms with Crippen molar-refractivity contribution >= 4 is 46.8 Å². The maximum atomic E-state index is 15.0. The van der Waals surface area contributed by atoms with Crippen LogP contribution in [-0.2, 0) is 33.3 Å². The summed E-state index contributed by atoms with van der Waals surface area (Å²) < 4.78 is 24.2. The van der Waals surface area contributed by atoms with E-state index in [-0.39, 0.29) is 38.9 Å². The molecule has 15 nitrogen and oxygen atoms in total. The van der Waals surface area contributed by atoms with Crippen molar-refractivity contribution in [3.63, 3.8) is 0 Å². The van der Waals surface area contributed by atoms with Gasteiger partial charge in [-0.2, -0.15) is 0 Å². The largest absolute Gasteiger partial charge is 0.509 e. The second-order valence-electron chi connectivity index (χ2n) is 18.4. The second-order valence-corrected chi connectivity index (χ2v) is 19.2. The molecule has 62 heavy (non-hydrogen) atoms. The number of esters is 1. The molecule has 15 unspecified atom stereocenters. The van der Waals surface area contributed by atoms with Crippen LogP contribution < -0.4 is 5.32 Å². The highest BCUT2D eigenvalue weighted by atomic mass is 35.5. The lowest BCUT2D eigenvalue weighted by Gasteiger charge is -2.48. The third-order valence-corrected chi connectivity index (χ3v) is 14.5. The zero-order valence-corrected chi connectivity index (χ0v) is 39.0. The van der Waals surface area contributed by atoms with E-state index in [2.05, 4.69) is 16.9 Å². The lowest BCUT2D eigenvalue weighted by molar-refractivity contribution is -0.251. The van der Waals surface area contributed by atoms with Gasteiger partial charge in [0, 0.05) is 43.9 Å². The van der Waals surface area contributed by atoms with Crippen LogP contribution in [0.1, 0.15) is 97.8 Å². The third-order valence-electron chi connectivity index (χ3n) is 13.5. The van der Waals surface area contributed by atoms with Crippen LogP contribution >= 0.6 is 23.2 Å². The number of carbonyl (C=O) groups is 4. The predicted molar refractivity (Wildman–Crippen MR) is 231 cm³/mol. The Kier molecular flexibility index (Phi) is 15.6. The molecule has 1 aromatic heterocycles. The Morgan fingerprint density at radius 2 is 1.73 bits per heavy atom. The van der Waals surface area contributed by atoms with E-state index in [9.17, 15) is 39.6 Å². The molecular formula is C45H65Cl2N3O12. The molecule has 346 valence electrons. The van der Waals surface area contributed by atoms with Crippen molar-refractivity contribution in [1.29, 1.82) is 0 Å². The average molecular weight is 911 g/mol. The van der Waals surface area contributed by atoms with Crippen LogP contribution in [-0.4, -0.2) is 122 Å². The van der Waals surface area contributed by atoms with Crippen LogP contribution in [0.2, 0.25) is 10.0 Å². The van der Waals surface area contributed by atoms with Crippen molar-refractivity contribution in [3.05, 3.63) is 57.1 Å². The number of Topliss-reactive ketones (excluding diaryl/α,β-unsaturated/α-hetero) is 1. The number of aromatic amines is 1. The quantitative estimate of drug-likeness (QED) is 0.0551. The summed E-state index contributed by atoms with van der Waals surface area (Å²) in [6.07, 6.45) is -3.01. The number of fused-ring (bicyclic) bond motifs is 1. The normalized spacial score (nSPS) is 32.7. The summed E-state index contributed by atoms with van der Waals surface area (Å²) in [6.45, 7) is 21.3. The molecule has 2 aliphatic heterocycles. The van der Waals surface area contributed by atoms with E-state index in [4.69, 9.17) is 42.1 Å². The first-order valence-corrected chi connectivity index (χ1v) is 22.2. The topological polar surface area (TPSA) is 217 Å². The molecule has 4 aliphatic rings. The van der Waals surface area contributed by atoms with Crippen molar-refractivity contribution in [2.45, 2.75) is 149 Å². The number of hydrogen-bond acceptors (Lipinski definition) is 12. The number of rotatable bonds is 15. The number of ketones is 1. The first-order chi connectivity index (χ1) is 28.9. The number of hydrogen-bond donors (Lipinski definition) is 6. The number of aryl methyl sites for hydroxylation is 1. The zero-order valence-electron chi connectivity index (χ0n) is 37.5. The van der Waals surface area contributed by atoms with Crippen LogP contribution in [0, 0.1) is 48.3 Å². The van der Waals surface area contributed by atoms with E-state index < -0.39 is 120 Å². The molecule has 1 saturated heterocycles. The summed E-state index contributed by atoms with van der Waals surface area (Å²) in [6, 6.07) is -2.08. The Labute approximate surface area is 374 Å². The van der Waals surface area contributed by atoms with Crippen molar-refractivity contribution in [2.24, 2.45) is 41.4 Å². The number of methoxy groups -OCH3 is 1. The van der Waals surface area contributed by atoms with Gasteiger partial charge >= 0.3 is 5.97 Å². The van der Waals surface area contributed by atoms with Gasteiger partial charge in [0.1, 0.15) is 34.8 Å². The van der Waals surface area contributed by atoms with Gasteiger partial charge in [-0.15, -0.1) is 0 Å². The van der Waals surface area contributed by atoms with Crippen molar-refractivity contribution in [3.8, 4) is 0 Å². The number of halogens is 2. The molecule has 2 aliphatic carbocycles. The number of allylic oxidation sites excluding steroid dienone is 2. The first-order valence-electron chi connectivity index (χ1n) is 21.5. The molecule has 2 amide bonds. The number of nitrogens with one attached hydrogen (secondary N) is 2. The van der Waals surface area contributed by atoms with Crippen LogP contribution in [0.15, 0.2) is 35.6 Å². The SMILES string of the molecule is C=C1CCC(OC(O)CC(O)(C(C)NC(=O)c2[nH]c(C)c(Cl)c2Cl)C(O)C(C)C)C2C=CC(C)C(C(=O)C3=C(O)C(C(C)C)N(C4OC(C)C(C)C(OC(C)=O)C4OC)C3=O)C12. The van der Waals surface area contributed by atoms with Crippen LogP contribution in [0.5, 0.6) is 0 Å². The van der Waals surface area contributed by atoms with Gasteiger partial charge in [-0.3, -0.25) is 24.1 Å². The number of amides is 2. The van der Waals surface area contributed by atoms with E-state index in [1.165, 1.54) is 25.9 Å². The van der Waals surface area contributed by atoms with Gasteiger partial charge in [0.05, 0.1) is 40.4 Å². The summed E-state index contributed by atoms with van der Waals surface area (Å²) in [5, 5.41) is 49.7. The molecule has 5 rings (SSSR count). The van der Waals surface area contributed by atoms with Gasteiger partial charge in [-0.1, -0.05) is 89.0 Å². The summed E-state index contributed by atoms with van der Waals surface area (Å²) in [4.78, 5) is 59.3. The monoisotopic (exact) mass is 909 g/mol. The Hall–Kier alpha value is -3.28. The maximum Gasteiger partial charge on any atom is 0.303 e. The molecule has 0 aromatic carbocycles. The highest BCUT2D eigenvalue weighted by Gasteiger charge is 2.57. The summed E-state index contributed by atoms with van der Waals surface area (Å²) in [5.41, 5.74) is -1.27. The molecule has 1 saturated carbocycles. The number of H-pyrrole nitrogens is 1. The summed E-state index contributed by atoms with van der Waals surface area (Å²) in [5.74, 6) is -6.42. The Morgan fingerprint density at radius 1 is 1.08 bits per heavy atom. The van der Waals surface area contributed by atoms with Crippen molar-refractivity contribution in [1.82, 2.24) is 15.2 Å². The summed E-state index contributed by atoms with van der Waals surface area (Å²) in [7, 11) is 1.43. The predicted octanol–water partition coefficient (Wildman–Crippen LogP) is 5.57. The van der Waals surface area contributed by atoms with Crippen molar-refractivity contribution in [2.75, 3.05) is 7.11 Å². The van der Waals surface area contributed by atoms with Crippen LogP contribution in [0.3, 0.4) is 0 Å². The van der Waals surface area contributed by atoms with Gasteiger partial charge in [-0.05, 0) is 57.3 Å². The number of carbonyl (C=O) groups excluding carboxylic acids is 4. The fourth-order valence-corrected chi connectivity index (χ4v) is 10.4. The van der Waals surface area contributed by atoms with Gasteiger partial charge < -0.3 is 49.7 Å². The van der Waals surface area contributed by atoms with Crippen LogP contribution in [0.25, 0.3) is 0 Å². The van der Waals surface area contributed by atoms with Crippen molar-refractivity contribution < 1.29 is 58.6 Å². The van der Waals surface area contributed by atoms with Crippen LogP contribution in [0.4, 0.5) is 0 Å². The lowest BCUT2D eigenvalue weighted by Crippen LogP contribution is -2.63. The van der Waals surface area contributed by atoms with Gasteiger partial charge in [-0.25, -0.2) is 0 Å². The van der Waals surface area contributed by atoms with E-state index in [1.807, 2.05) is 39.8 Å². The molecule has 17 heteroatoms. The molecule has 1 aromatic rings. The lowest BCUT2D eigenvalue weighted by atomic mass is 9.60. The molecule has 0 spiro atoms. The Morgan fingerprint density at radius 3 is 2.27 bits per heavy atom. The smallest absolute Gasteiger partial charge is 0.303 e. The highest BCUT2D eigenvalue weighted by molar-refractivity contribution is 6.44. The van der Waals surface area contributed by atoms with E-state index in [0.717, 1.165) is 5.57 Å². The Bertz CT molecular complexity index is 1950. The first kappa shape index (κ1) is 49.7. The molecule has 0 radical (unpaired) electrons. The summed E-state index contributed by atoms with van der Waals surface area (Å²) >= 11 is 12.5. The number of aliphatic hydroxyl groups excluding tert-OH is 3. The maximum absolute atomic E-state index is 15.0. The minimum Gasteiger partial charge on any atom is -0.509 e. The average Bonchev–Trinajstić information content (AvgIpc) is 3.61. The molecule has 6 N–H and O–H groups in total. The van der Waals surface area contributed by atoms with Gasteiger partial charge in [0.15, 0.2) is 18.3 Å². The zero-order chi connectivity index (χ0) is 46.4. The Balaban J connectivity index is 1.40. The fraction of sp³-hybridized carbons (Fsp3) is 0.689. The molecule has 2 fully saturated rings. The standard InChI is InChI=1S/C45H65Cl2N3O12/c1-18(2)36-38(54)32(43(57)50(36)44-40(59-12)39(61-26(11)51)22(7)24(9)60-44)37(53)31-21(6)13-15-27-28(16-14-20(5)30(27)31)62-29(52)17-45(58,41(55)19(3)4)25(10)49-42(56)35-34(47)33(46)23(8)48-35/h13,15,18-19,21-22,24-25,27-31,36,39-41,44,48,52,54-55,58H,5,14,16-17H2,1-4,6-12H3,(H,49,56). The minimum atomic E-state index is -2.10. The van der Waals surface area contributed by atoms with E-state index in [1.54, 1.807) is 27.7 Å². The van der Waals surface area contributed by atoms with Gasteiger partial charge in [0.25, 0.3) is 11.8 Å². The fourth-order valence-electron chi connectivity index (χ4n) is 9.96. The molecular weight excluding hydrogens is 845 g/mol.